The van der Waals surface area contributed by atoms with Crippen molar-refractivity contribution in [3.8, 4) is 0 Å². The molecule has 1 N–H and O–H groups in total. The molecule has 3 rings (SSSR count). The molecule has 1 heterocycles. The van der Waals surface area contributed by atoms with Crippen molar-refractivity contribution in [3.05, 3.63) is 62.7 Å². The fourth-order valence-corrected chi connectivity index (χ4v) is 3.61. The van der Waals surface area contributed by atoms with E-state index in [0.717, 1.165) is 9.26 Å². The Kier molecular flexibility index (Phi) is 6.50. The number of amides is 2. The maximum Gasteiger partial charge on any atom is 0.255 e. The van der Waals surface area contributed by atoms with E-state index in [2.05, 4.69) is 32.8 Å². The van der Waals surface area contributed by atoms with E-state index in [1.165, 1.54) is 0 Å². The minimum atomic E-state index is -0.0569. The molecule has 0 saturated carbocycles. The normalized spacial score (nSPS) is 14.9. The average molecular weight is 484 g/mol. The van der Waals surface area contributed by atoms with Gasteiger partial charge in [-0.15, -0.1) is 0 Å². The molecule has 0 aromatic heterocycles. The number of piperazine rings is 1. The molecule has 0 unspecified atom stereocenters. The molecule has 26 heavy (non-hydrogen) atoms. The smallest absolute Gasteiger partial charge is 0.255 e. The van der Waals surface area contributed by atoms with Gasteiger partial charge >= 0.3 is 0 Å². The van der Waals surface area contributed by atoms with E-state index in [0.29, 0.717) is 43.3 Å². The van der Waals surface area contributed by atoms with Crippen molar-refractivity contribution < 1.29 is 9.59 Å². The van der Waals surface area contributed by atoms with Gasteiger partial charge in [-0.2, -0.15) is 0 Å². The van der Waals surface area contributed by atoms with E-state index in [1.807, 2.05) is 36.4 Å². The van der Waals surface area contributed by atoms with Gasteiger partial charge in [0.1, 0.15) is 0 Å². The van der Waals surface area contributed by atoms with Crippen LogP contribution in [0.25, 0.3) is 0 Å². The van der Waals surface area contributed by atoms with Gasteiger partial charge in [-0.25, -0.2) is 0 Å². The quantitative estimate of drug-likeness (QED) is 0.679. The van der Waals surface area contributed by atoms with Crippen LogP contribution in [0, 0.1) is 3.57 Å². The molecule has 0 spiro atoms. The largest absolute Gasteiger partial charge is 0.336 e. The highest BCUT2D eigenvalue weighted by molar-refractivity contribution is 14.1. The number of carbonyl (C=O) groups is 2. The number of hydrogen-bond acceptors (Lipinski definition) is 3. The summed E-state index contributed by atoms with van der Waals surface area (Å²) in [5.74, 6) is -0.0986. The number of nitrogens with one attached hydrogen (secondary N) is 1. The van der Waals surface area contributed by atoms with E-state index in [-0.39, 0.29) is 11.8 Å². The predicted octanol–water partition coefficient (Wildman–Crippen LogP) is 3.34. The van der Waals surface area contributed by atoms with Gasteiger partial charge in [0.2, 0.25) is 5.91 Å². The fraction of sp³-hybridized carbons (Fsp3) is 0.263. The lowest BCUT2D eigenvalue weighted by atomic mass is 10.2. The van der Waals surface area contributed by atoms with Gasteiger partial charge in [0.15, 0.2) is 0 Å². The Morgan fingerprint density at radius 1 is 1.00 bits per heavy atom. The third-order valence-corrected chi connectivity index (χ3v) is 5.55. The maximum absolute atomic E-state index is 12.6. The van der Waals surface area contributed by atoms with Crippen LogP contribution in [0.15, 0.2) is 48.5 Å². The van der Waals surface area contributed by atoms with Crippen LogP contribution in [0.5, 0.6) is 0 Å². The molecule has 1 fully saturated rings. The van der Waals surface area contributed by atoms with E-state index in [4.69, 9.17) is 11.6 Å². The molecule has 7 heteroatoms. The molecule has 0 aliphatic carbocycles. The monoisotopic (exact) mass is 483 g/mol. The Morgan fingerprint density at radius 2 is 1.65 bits per heavy atom. The van der Waals surface area contributed by atoms with Crippen molar-refractivity contribution >= 4 is 51.7 Å². The maximum atomic E-state index is 12.6. The van der Waals surface area contributed by atoms with Crippen LogP contribution in [-0.4, -0.2) is 54.3 Å². The summed E-state index contributed by atoms with van der Waals surface area (Å²) in [6.45, 7) is 2.81. The molecular formula is C19H19ClIN3O2. The summed E-state index contributed by atoms with van der Waals surface area (Å²) in [5, 5.41) is 3.41. The second-order valence-corrected chi connectivity index (χ2v) is 7.65. The molecule has 5 nitrogen and oxygen atoms in total. The third kappa shape index (κ3) is 4.75. The highest BCUT2D eigenvalue weighted by Gasteiger charge is 2.24. The molecule has 1 aliphatic heterocycles. The first-order valence-electron chi connectivity index (χ1n) is 8.35. The number of nitrogens with zero attached hydrogens (tertiary/aromatic N) is 2. The Morgan fingerprint density at radius 3 is 2.35 bits per heavy atom. The van der Waals surface area contributed by atoms with Crippen LogP contribution in [-0.2, 0) is 4.79 Å². The molecular weight excluding hydrogens is 465 g/mol. The minimum absolute atomic E-state index is 0.0417. The second-order valence-electron chi connectivity index (χ2n) is 6.08. The number of hydrogen-bond donors (Lipinski definition) is 1. The van der Waals surface area contributed by atoms with Gasteiger partial charge < -0.3 is 10.2 Å². The van der Waals surface area contributed by atoms with Crippen molar-refractivity contribution in [2.45, 2.75) is 0 Å². The first-order valence-corrected chi connectivity index (χ1v) is 9.81. The first kappa shape index (κ1) is 19.1. The van der Waals surface area contributed by atoms with Gasteiger partial charge in [-0.05, 0) is 46.9 Å². The summed E-state index contributed by atoms with van der Waals surface area (Å²) in [5.41, 5.74) is 1.35. The Bertz CT molecular complexity index is 807. The van der Waals surface area contributed by atoms with Gasteiger partial charge in [0.25, 0.3) is 5.91 Å². The number of para-hydroxylation sites is 1. The number of anilines is 1. The summed E-state index contributed by atoms with van der Waals surface area (Å²) < 4.78 is 1.01. The number of halogens is 2. The highest BCUT2D eigenvalue weighted by Crippen LogP contribution is 2.19. The van der Waals surface area contributed by atoms with E-state index < -0.39 is 0 Å². The predicted molar refractivity (Wildman–Crippen MR) is 112 cm³/mol. The van der Waals surface area contributed by atoms with E-state index in [9.17, 15) is 9.59 Å². The van der Waals surface area contributed by atoms with Crippen LogP contribution in [0.3, 0.4) is 0 Å². The lowest BCUT2D eigenvalue weighted by molar-refractivity contribution is -0.117. The number of carbonyl (C=O) groups excluding carboxylic acids is 2. The summed E-state index contributed by atoms with van der Waals surface area (Å²) >= 11 is 8.31. The molecule has 2 aromatic carbocycles. The summed E-state index contributed by atoms with van der Waals surface area (Å²) in [4.78, 5) is 28.7. The molecule has 1 saturated heterocycles. The van der Waals surface area contributed by atoms with Gasteiger partial charge in [0, 0.05) is 29.7 Å². The first-order chi connectivity index (χ1) is 12.5. The number of rotatable bonds is 4. The molecule has 136 valence electrons. The van der Waals surface area contributed by atoms with Crippen LogP contribution >= 0.6 is 34.2 Å². The molecule has 2 aromatic rings. The van der Waals surface area contributed by atoms with Crippen molar-refractivity contribution in [1.29, 1.82) is 0 Å². The van der Waals surface area contributed by atoms with Crippen LogP contribution in [0.2, 0.25) is 5.02 Å². The summed E-state index contributed by atoms with van der Waals surface area (Å²) in [6, 6.07) is 14.8. The zero-order valence-electron chi connectivity index (χ0n) is 14.1. The zero-order chi connectivity index (χ0) is 18.5. The van der Waals surface area contributed by atoms with Crippen LogP contribution in [0.1, 0.15) is 10.4 Å². The lowest BCUT2D eigenvalue weighted by Crippen LogP contribution is -2.50. The molecule has 0 radical (unpaired) electrons. The van der Waals surface area contributed by atoms with Crippen molar-refractivity contribution in [3.63, 3.8) is 0 Å². The fourth-order valence-electron chi connectivity index (χ4n) is 2.87. The average Bonchev–Trinajstić information content (AvgIpc) is 2.64. The Hall–Kier alpha value is -1.64. The Labute approximate surface area is 171 Å². The molecule has 0 bridgehead atoms. The van der Waals surface area contributed by atoms with Gasteiger partial charge in [-0.1, -0.05) is 35.9 Å². The van der Waals surface area contributed by atoms with Crippen LogP contribution < -0.4 is 5.32 Å². The van der Waals surface area contributed by atoms with Crippen LogP contribution in [0.4, 0.5) is 5.69 Å². The summed E-state index contributed by atoms with van der Waals surface area (Å²) in [7, 11) is 0. The van der Waals surface area contributed by atoms with Crippen molar-refractivity contribution in [2.24, 2.45) is 0 Å². The highest BCUT2D eigenvalue weighted by atomic mass is 127. The third-order valence-electron chi connectivity index (χ3n) is 4.28. The summed E-state index contributed by atoms with van der Waals surface area (Å²) in [6.07, 6.45) is 0. The zero-order valence-corrected chi connectivity index (χ0v) is 17.0. The SMILES string of the molecule is O=C(CN1CCN(C(=O)c2ccccc2Cl)CC1)Nc1ccccc1I. The molecule has 0 atom stereocenters. The molecule has 1 aliphatic rings. The van der Waals surface area contributed by atoms with Gasteiger partial charge in [-0.3, -0.25) is 14.5 Å². The number of benzene rings is 2. The lowest BCUT2D eigenvalue weighted by Gasteiger charge is -2.34. The Balaban J connectivity index is 1.51. The van der Waals surface area contributed by atoms with Gasteiger partial charge in [0.05, 0.1) is 22.8 Å². The standard InChI is InChI=1S/C19H19ClIN3O2/c20-15-6-2-1-5-14(15)19(26)24-11-9-23(10-12-24)13-18(25)22-17-8-4-3-7-16(17)21/h1-8H,9-13H2,(H,22,25). The second kappa shape index (κ2) is 8.83. The topological polar surface area (TPSA) is 52.7 Å². The van der Waals surface area contributed by atoms with E-state index >= 15 is 0 Å². The molecule has 2 amide bonds. The van der Waals surface area contributed by atoms with Crippen molar-refractivity contribution in [1.82, 2.24) is 9.80 Å². The minimum Gasteiger partial charge on any atom is -0.336 e. The van der Waals surface area contributed by atoms with Crippen molar-refractivity contribution in [2.75, 3.05) is 38.0 Å². The van der Waals surface area contributed by atoms with E-state index in [1.54, 1.807) is 17.0 Å².